The fraction of sp³-hybridized carbons (Fsp3) is 0.167. The molecule has 0 spiro atoms. The third-order valence-corrected chi connectivity index (χ3v) is 3.31. The fourth-order valence-corrected chi connectivity index (χ4v) is 2.13. The van der Waals surface area contributed by atoms with E-state index < -0.39 is 0 Å². The van der Waals surface area contributed by atoms with Crippen LogP contribution in [0.5, 0.6) is 11.5 Å². The minimum Gasteiger partial charge on any atom is -0.491 e. The molecule has 2 aromatic carbocycles. The molecule has 1 N–H and O–H groups in total. The summed E-state index contributed by atoms with van der Waals surface area (Å²) in [6.45, 7) is 0.570. The minimum atomic E-state index is -0.277. The van der Waals surface area contributed by atoms with Gasteiger partial charge in [-0.1, -0.05) is 0 Å². The Morgan fingerprint density at radius 2 is 1.58 bits per heavy atom. The average Bonchev–Trinajstić information content (AvgIpc) is 3.09. The summed E-state index contributed by atoms with van der Waals surface area (Å²) in [5, 5.41) is 13.1. The van der Waals surface area contributed by atoms with Crippen LogP contribution in [0.2, 0.25) is 0 Å². The van der Waals surface area contributed by atoms with Gasteiger partial charge in [-0.2, -0.15) is 5.10 Å². The maximum Gasteiger partial charge on any atom is 0.132 e. The predicted molar refractivity (Wildman–Crippen MR) is 86.9 cm³/mol. The number of nitrogens with zero attached hydrogens (tertiary/aromatic N) is 2. The number of aromatic nitrogens is 2. The Kier molecular flexibility index (Phi) is 5.08. The normalized spacial score (nSPS) is 10.6. The van der Waals surface area contributed by atoms with Gasteiger partial charge in [-0.15, -0.1) is 0 Å². The van der Waals surface area contributed by atoms with Crippen molar-refractivity contribution in [2.45, 2.75) is 6.61 Å². The standard InChI is InChI=1S/C18H17FN2O3/c19-14-1-3-16(4-2-14)21-10-9-15(20-21)13-24-18-7-5-17(6-8-18)23-12-11-22/h1-10,22H,11-13H2. The topological polar surface area (TPSA) is 56.5 Å². The molecule has 5 nitrogen and oxygen atoms in total. The van der Waals surface area contributed by atoms with E-state index in [1.54, 1.807) is 47.3 Å². The maximum atomic E-state index is 12.9. The fourth-order valence-electron chi connectivity index (χ4n) is 2.13. The highest BCUT2D eigenvalue weighted by Crippen LogP contribution is 2.18. The van der Waals surface area contributed by atoms with E-state index in [2.05, 4.69) is 5.10 Å². The number of hydrogen-bond acceptors (Lipinski definition) is 4. The van der Waals surface area contributed by atoms with E-state index in [0.29, 0.717) is 18.1 Å². The van der Waals surface area contributed by atoms with E-state index in [4.69, 9.17) is 14.6 Å². The van der Waals surface area contributed by atoms with Gasteiger partial charge in [0.2, 0.25) is 0 Å². The largest absolute Gasteiger partial charge is 0.491 e. The summed E-state index contributed by atoms with van der Waals surface area (Å²) in [6.07, 6.45) is 1.80. The molecule has 0 amide bonds. The van der Waals surface area contributed by atoms with Crippen LogP contribution in [0.1, 0.15) is 5.69 Å². The Morgan fingerprint density at radius 1 is 0.917 bits per heavy atom. The lowest BCUT2D eigenvalue weighted by Crippen LogP contribution is -2.02. The molecule has 1 aromatic heterocycles. The molecule has 1 heterocycles. The van der Waals surface area contributed by atoms with Crippen LogP contribution < -0.4 is 9.47 Å². The van der Waals surface area contributed by atoms with Crippen molar-refractivity contribution < 1.29 is 19.0 Å². The second kappa shape index (κ2) is 7.61. The molecule has 124 valence electrons. The second-order valence-electron chi connectivity index (χ2n) is 5.06. The number of aliphatic hydroxyl groups excluding tert-OH is 1. The Balaban J connectivity index is 1.58. The van der Waals surface area contributed by atoms with Crippen molar-refractivity contribution in [3.05, 3.63) is 72.3 Å². The smallest absolute Gasteiger partial charge is 0.132 e. The first-order chi connectivity index (χ1) is 11.7. The van der Waals surface area contributed by atoms with Crippen molar-refractivity contribution in [1.29, 1.82) is 0 Å². The van der Waals surface area contributed by atoms with Crippen LogP contribution in [0, 0.1) is 5.82 Å². The van der Waals surface area contributed by atoms with Crippen molar-refractivity contribution in [2.75, 3.05) is 13.2 Å². The monoisotopic (exact) mass is 328 g/mol. The highest BCUT2D eigenvalue weighted by Gasteiger charge is 2.03. The zero-order valence-corrected chi connectivity index (χ0v) is 12.9. The molecule has 0 fully saturated rings. The van der Waals surface area contributed by atoms with Crippen molar-refractivity contribution in [3.63, 3.8) is 0 Å². The van der Waals surface area contributed by atoms with Crippen molar-refractivity contribution in [2.24, 2.45) is 0 Å². The summed E-state index contributed by atoms with van der Waals surface area (Å²) in [4.78, 5) is 0. The molecule has 0 radical (unpaired) electrons. The molecule has 6 heteroatoms. The molecule has 0 saturated carbocycles. The van der Waals surface area contributed by atoms with Crippen molar-refractivity contribution in [1.82, 2.24) is 9.78 Å². The van der Waals surface area contributed by atoms with E-state index in [-0.39, 0.29) is 19.0 Å². The van der Waals surface area contributed by atoms with E-state index in [0.717, 1.165) is 11.4 Å². The number of aliphatic hydroxyl groups is 1. The summed E-state index contributed by atoms with van der Waals surface area (Å²) in [5.41, 5.74) is 1.55. The number of benzene rings is 2. The van der Waals surface area contributed by atoms with Crippen LogP contribution in [0.4, 0.5) is 4.39 Å². The van der Waals surface area contributed by atoms with Gasteiger partial charge in [0.05, 0.1) is 12.3 Å². The van der Waals surface area contributed by atoms with E-state index in [9.17, 15) is 4.39 Å². The summed E-state index contributed by atoms with van der Waals surface area (Å²) in [5.74, 6) is 1.10. The number of ether oxygens (including phenoxy) is 2. The van der Waals surface area contributed by atoms with Gasteiger partial charge in [0.25, 0.3) is 0 Å². The molecule has 0 unspecified atom stereocenters. The third kappa shape index (κ3) is 4.11. The van der Waals surface area contributed by atoms with Crippen LogP contribution >= 0.6 is 0 Å². The SMILES string of the molecule is OCCOc1ccc(OCc2ccn(-c3ccc(F)cc3)n2)cc1. The lowest BCUT2D eigenvalue weighted by molar-refractivity contribution is 0.201. The van der Waals surface area contributed by atoms with Gasteiger partial charge >= 0.3 is 0 Å². The van der Waals surface area contributed by atoms with Crippen LogP contribution in [0.25, 0.3) is 5.69 Å². The Hall–Kier alpha value is -2.86. The van der Waals surface area contributed by atoms with E-state index in [1.165, 1.54) is 12.1 Å². The maximum absolute atomic E-state index is 12.9. The summed E-state index contributed by atoms with van der Waals surface area (Å²) in [6, 6.07) is 15.1. The molecule has 0 bridgehead atoms. The van der Waals surface area contributed by atoms with Gasteiger partial charge in [0, 0.05) is 6.20 Å². The van der Waals surface area contributed by atoms with Crippen molar-refractivity contribution in [3.8, 4) is 17.2 Å². The van der Waals surface area contributed by atoms with Gasteiger partial charge in [-0.25, -0.2) is 9.07 Å². The van der Waals surface area contributed by atoms with Gasteiger partial charge in [-0.05, 0) is 54.6 Å². The summed E-state index contributed by atoms with van der Waals surface area (Å²) >= 11 is 0. The Morgan fingerprint density at radius 3 is 2.25 bits per heavy atom. The molecular formula is C18H17FN2O3. The average molecular weight is 328 g/mol. The predicted octanol–water partition coefficient (Wildman–Crippen LogP) is 2.96. The Labute approximate surface area is 138 Å². The van der Waals surface area contributed by atoms with Crippen LogP contribution in [0.3, 0.4) is 0 Å². The highest BCUT2D eigenvalue weighted by atomic mass is 19.1. The zero-order valence-electron chi connectivity index (χ0n) is 12.9. The van der Waals surface area contributed by atoms with Crippen LogP contribution in [0.15, 0.2) is 60.8 Å². The second-order valence-corrected chi connectivity index (χ2v) is 5.06. The zero-order chi connectivity index (χ0) is 16.8. The quantitative estimate of drug-likeness (QED) is 0.724. The van der Waals surface area contributed by atoms with Gasteiger partial charge < -0.3 is 14.6 Å². The number of halogens is 1. The molecule has 3 aromatic rings. The molecular weight excluding hydrogens is 311 g/mol. The van der Waals surface area contributed by atoms with E-state index in [1.807, 2.05) is 6.07 Å². The first-order valence-corrected chi connectivity index (χ1v) is 7.51. The first-order valence-electron chi connectivity index (χ1n) is 7.51. The molecule has 24 heavy (non-hydrogen) atoms. The van der Waals surface area contributed by atoms with Gasteiger partial charge in [-0.3, -0.25) is 0 Å². The Bertz CT molecular complexity index is 770. The lowest BCUT2D eigenvalue weighted by Gasteiger charge is -2.07. The van der Waals surface area contributed by atoms with Crippen LogP contribution in [-0.2, 0) is 6.61 Å². The molecule has 0 atom stereocenters. The minimum absolute atomic E-state index is 0.0189. The van der Waals surface area contributed by atoms with Gasteiger partial charge in [0.1, 0.15) is 36.2 Å². The molecule has 0 aliphatic rings. The first kappa shape index (κ1) is 16.0. The molecule has 0 saturated heterocycles. The molecule has 3 rings (SSSR count). The molecule has 0 aliphatic heterocycles. The van der Waals surface area contributed by atoms with Gasteiger partial charge in [0.15, 0.2) is 0 Å². The lowest BCUT2D eigenvalue weighted by atomic mass is 10.3. The highest BCUT2D eigenvalue weighted by molar-refractivity contribution is 5.32. The van der Waals surface area contributed by atoms with Crippen LogP contribution in [-0.4, -0.2) is 28.1 Å². The van der Waals surface area contributed by atoms with E-state index >= 15 is 0 Å². The van der Waals surface area contributed by atoms with Crippen molar-refractivity contribution >= 4 is 0 Å². The summed E-state index contributed by atoms with van der Waals surface area (Å²) < 4.78 is 25.6. The third-order valence-electron chi connectivity index (χ3n) is 3.31. The summed E-state index contributed by atoms with van der Waals surface area (Å²) in [7, 11) is 0. The number of rotatable bonds is 7. The molecule has 0 aliphatic carbocycles. The number of hydrogen-bond donors (Lipinski definition) is 1.